The Balaban J connectivity index is 1.82. The van der Waals surface area contributed by atoms with E-state index in [9.17, 15) is 5.26 Å². The third-order valence-corrected chi connectivity index (χ3v) is 7.01. The molecule has 164 valence electrons. The van der Waals surface area contributed by atoms with Crippen molar-refractivity contribution in [2.75, 3.05) is 5.73 Å². The van der Waals surface area contributed by atoms with E-state index in [1.165, 1.54) is 29.7 Å². The summed E-state index contributed by atoms with van der Waals surface area (Å²) in [5.41, 5.74) is 14.8. The van der Waals surface area contributed by atoms with Crippen LogP contribution >= 0.6 is 15.9 Å². The highest BCUT2D eigenvalue weighted by Gasteiger charge is 2.25. The quantitative estimate of drug-likeness (QED) is 0.470. The molecule has 0 amide bonds. The maximum absolute atomic E-state index is 10.0. The van der Waals surface area contributed by atoms with Gasteiger partial charge in [-0.15, -0.1) is 0 Å². The molecule has 3 aromatic rings. The van der Waals surface area contributed by atoms with Gasteiger partial charge >= 0.3 is 0 Å². The molecule has 1 heterocycles. The van der Waals surface area contributed by atoms with Crippen LogP contribution in [0.3, 0.4) is 0 Å². The number of nitriles is 1. The molecule has 0 saturated carbocycles. The van der Waals surface area contributed by atoms with Crippen molar-refractivity contribution in [2.24, 2.45) is 0 Å². The van der Waals surface area contributed by atoms with Gasteiger partial charge < -0.3 is 4.74 Å². The molecule has 0 bridgehead atoms. The molecule has 0 unspecified atom stereocenters. The number of hydrogen-bond donors (Lipinski definition) is 1. The second-order valence-electron chi connectivity index (χ2n) is 8.58. The number of para-hydroxylation sites is 1. The second kappa shape index (κ2) is 9.75. The Hall–Kier alpha value is -2.84. The number of nitrogens with one attached hydrogen (secondary N) is 1. The fourth-order valence-electron chi connectivity index (χ4n) is 4.64. The largest absolute Gasteiger partial charge is 0.488 e. The SMILES string of the molecule is Cc1cc(C)c(-c2c(C#N)c(N)[nH+]c3c2CCCCCC3)cc1COc1ccccc1Br. The first kappa shape index (κ1) is 22.4. The molecule has 0 aliphatic heterocycles. The molecule has 1 aliphatic rings. The number of rotatable bonds is 4. The molecule has 1 aliphatic carbocycles. The minimum absolute atomic E-state index is 0.459. The Kier molecular flexibility index (Phi) is 6.81. The van der Waals surface area contributed by atoms with Gasteiger partial charge in [0, 0.05) is 17.5 Å². The Morgan fingerprint density at radius 3 is 2.56 bits per heavy atom. The predicted octanol–water partition coefficient (Wildman–Crippen LogP) is 6.24. The highest BCUT2D eigenvalue weighted by atomic mass is 79.9. The van der Waals surface area contributed by atoms with Crippen molar-refractivity contribution in [3.63, 3.8) is 0 Å². The van der Waals surface area contributed by atoms with Crippen LogP contribution < -0.4 is 15.5 Å². The summed E-state index contributed by atoms with van der Waals surface area (Å²) in [4.78, 5) is 3.35. The number of aromatic amines is 1. The number of benzene rings is 2. The molecule has 4 nitrogen and oxygen atoms in total. The van der Waals surface area contributed by atoms with Crippen molar-refractivity contribution in [2.45, 2.75) is 59.0 Å². The average Bonchev–Trinajstić information content (AvgIpc) is 2.75. The van der Waals surface area contributed by atoms with Crippen molar-refractivity contribution >= 4 is 21.7 Å². The number of nitrogen functional groups attached to an aromatic ring is 1. The van der Waals surface area contributed by atoms with Crippen LogP contribution in [-0.4, -0.2) is 0 Å². The fourth-order valence-corrected chi connectivity index (χ4v) is 5.04. The molecule has 0 atom stereocenters. The molecule has 3 N–H and O–H groups in total. The first-order valence-electron chi connectivity index (χ1n) is 11.2. The number of pyridine rings is 1. The van der Waals surface area contributed by atoms with Crippen LogP contribution in [-0.2, 0) is 19.4 Å². The van der Waals surface area contributed by atoms with Crippen molar-refractivity contribution in [1.29, 1.82) is 5.26 Å². The molecule has 5 heteroatoms. The van der Waals surface area contributed by atoms with Gasteiger partial charge in [0.25, 0.3) is 5.82 Å². The minimum Gasteiger partial charge on any atom is -0.488 e. The summed E-state index contributed by atoms with van der Waals surface area (Å²) in [7, 11) is 0. The van der Waals surface area contributed by atoms with Gasteiger partial charge in [-0.3, -0.25) is 5.73 Å². The Bertz CT molecular complexity index is 1200. The number of H-pyrrole nitrogens is 1. The standard InChI is InChI=1S/C27H28BrN3O/c1-17-13-18(2)21(14-19(17)16-32-25-12-8-7-10-23(25)28)26-20-9-5-3-4-6-11-24(20)31-27(30)22(26)15-29/h7-8,10,12-14H,3-6,9,11,16H2,1-2H3,(H2,30,31)/p+1. The van der Waals surface area contributed by atoms with E-state index in [0.29, 0.717) is 18.0 Å². The number of ether oxygens (including phenoxy) is 1. The lowest BCUT2D eigenvalue weighted by atomic mass is 9.85. The van der Waals surface area contributed by atoms with Gasteiger partial charge in [-0.05, 0) is 89.5 Å². The van der Waals surface area contributed by atoms with Crippen molar-refractivity contribution < 1.29 is 9.72 Å². The van der Waals surface area contributed by atoms with E-state index >= 15 is 0 Å². The van der Waals surface area contributed by atoms with Crippen LogP contribution in [0.4, 0.5) is 5.82 Å². The number of nitrogens with two attached hydrogens (primary N) is 1. The molecule has 32 heavy (non-hydrogen) atoms. The zero-order valence-electron chi connectivity index (χ0n) is 18.7. The zero-order valence-corrected chi connectivity index (χ0v) is 20.3. The average molecular weight is 491 g/mol. The molecule has 0 fully saturated rings. The summed E-state index contributed by atoms with van der Waals surface area (Å²) in [6.45, 7) is 4.68. The lowest BCUT2D eigenvalue weighted by Crippen LogP contribution is -2.23. The molecular formula is C27H29BrN3O+. The smallest absolute Gasteiger partial charge is 0.289 e. The monoisotopic (exact) mass is 490 g/mol. The topological polar surface area (TPSA) is 73.2 Å². The zero-order chi connectivity index (χ0) is 22.7. The molecule has 2 aromatic carbocycles. The molecule has 4 rings (SSSR count). The van der Waals surface area contributed by atoms with Crippen LogP contribution in [0.15, 0.2) is 40.9 Å². The Labute approximate surface area is 198 Å². The maximum atomic E-state index is 10.0. The second-order valence-corrected chi connectivity index (χ2v) is 9.44. The van der Waals surface area contributed by atoms with Crippen molar-refractivity contribution in [1.82, 2.24) is 0 Å². The van der Waals surface area contributed by atoms with Gasteiger partial charge in [-0.1, -0.05) is 31.0 Å². The van der Waals surface area contributed by atoms with Gasteiger partial charge in [0.2, 0.25) is 0 Å². The fraction of sp³-hybridized carbons (Fsp3) is 0.333. The first-order chi connectivity index (χ1) is 15.5. The summed E-state index contributed by atoms with van der Waals surface area (Å²) in [6, 6.07) is 14.6. The number of hydrogen-bond acceptors (Lipinski definition) is 3. The van der Waals surface area contributed by atoms with E-state index in [2.05, 4.69) is 53.0 Å². The van der Waals surface area contributed by atoms with Crippen molar-refractivity contribution in [3.8, 4) is 22.9 Å². The number of fused-ring (bicyclic) bond motifs is 1. The van der Waals surface area contributed by atoms with E-state index in [4.69, 9.17) is 10.5 Å². The van der Waals surface area contributed by atoms with E-state index < -0.39 is 0 Å². The predicted molar refractivity (Wildman–Crippen MR) is 131 cm³/mol. The van der Waals surface area contributed by atoms with Crippen LogP contribution in [0.25, 0.3) is 11.1 Å². The van der Waals surface area contributed by atoms with Crippen LogP contribution in [0, 0.1) is 25.2 Å². The molecule has 0 spiro atoms. The molecule has 0 saturated heterocycles. The lowest BCUT2D eigenvalue weighted by molar-refractivity contribution is -0.374. The summed E-state index contributed by atoms with van der Waals surface area (Å²) < 4.78 is 7.06. The van der Waals surface area contributed by atoms with Gasteiger partial charge in [-0.2, -0.15) is 5.26 Å². The summed E-state index contributed by atoms with van der Waals surface area (Å²) in [5, 5.41) is 10.0. The van der Waals surface area contributed by atoms with Gasteiger partial charge in [0.15, 0.2) is 0 Å². The van der Waals surface area contributed by atoms with Gasteiger partial charge in [0.05, 0.1) is 4.47 Å². The van der Waals surface area contributed by atoms with Gasteiger partial charge in [0.1, 0.15) is 29.7 Å². The lowest BCUT2D eigenvalue weighted by Gasteiger charge is -2.20. The Morgan fingerprint density at radius 1 is 1.06 bits per heavy atom. The van der Waals surface area contributed by atoms with Crippen LogP contribution in [0.2, 0.25) is 0 Å². The van der Waals surface area contributed by atoms with E-state index in [1.807, 2.05) is 24.3 Å². The third-order valence-electron chi connectivity index (χ3n) is 6.36. The van der Waals surface area contributed by atoms with Gasteiger partial charge in [-0.25, -0.2) is 4.98 Å². The molecule has 0 radical (unpaired) electrons. The number of anilines is 1. The summed E-state index contributed by atoms with van der Waals surface area (Å²) >= 11 is 3.55. The third kappa shape index (κ3) is 4.52. The highest BCUT2D eigenvalue weighted by Crippen LogP contribution is 2.37. The summed E-state index contributed by atoms with van der Waals surface area (Å²) in [5.74, 6) is 1.28. The molecular weight excluding hydrogens is 462 g/mol. The van der Waals surface area contributed by atoms with Crippen molar-refractivity contribution in [3.05, 3.63) is 74.4 Å². The Morgan fingerprint density at radius 2 is 1.81 bits per heavy atom. The first-order valence-corrected chi connectivity index (χ1v) is 12.0. The molecule has 1 aromatic heterocycles. The van der Waals surface area contributed by atoms with E-state index in [1.54, 1.807) is 0 Å². The number of aryl methyl sites for hydroxylation is 3. The van der Waals surface area contributed by atoms with Crippen LogP contribution in [0.1, 0.15) is 59.2 Å². The van der Waals surface area contributed by atoms with E-state index in [-0.39, 0.29) is 0 Å². The number of nitrogens with zero attached hydrogens (tertiary/aromatic N) is 1. The number of aromatic nitrogens is 1. The minimum atomic E-state index is 0.459. The normalized spacial score (nSPS) is 13.6. The number of halogens is 1. The van der Waals surface area contributed by atoms with E-state index in [0.717, 1.165) is 58.2 Å². The summed E-state index contributed by atoms with van der Waals surface area (Å²) in [6.07, 6.45) is 6.68. The highest BCUT2D eigenvalue weighted by molar-refractivity contribution is 9.10. The van der Waals surface area contributed by atoms with Crippen LogP contribution in [0.5, 0.6) is 5.75 Å². The maximum Gasteiger partial charge on any atom is 0.289 e.